The molecule has 2 aromatic carbocycles. The van der Waals surface area contributed by atoms with Crippen LogP contribution in [-0.4, -0.2) is 24.2 Å². The topological polar surface area (TPSA) is 71.0 Å². The number of benzene rings is 2. The minimum atomic E-state index is -4.98. The van der Waals surface area contributed by atoms with Gasteiger partial charge in [0.25, 0.3) is 0 Å². The zero-order valence-corrected chi connectivity index (χ0v) is 15.6. The lowest BCUT2D eigenvalue weighted by molar-refractivity contribution is -0.143. The van der Waals surface area contributed by atoms with E-state index in [1.54, 1.807) is 30.3 Å². The molecule has 0 aliphatic carbocycles. The molecule has 0 aromatic heterocycles. The Hall–Kier alpha value is -3.15. The van der Waals surface area contributed by atoms with Crippen LogP contribution in [0.15, 0.2) is 53.8 Å². The number of rotatable bonds is 6. The number of ether oxygens (including phenoxy) is 1. The SMILES string of the molecule is O=NN1C[C@@](COCc2cc(C(F)(F)F)cc(C(F)(F)F)c2)(c2ccccc2)NC1=O. The number of amides is 2. The molecule has 31 heavy (non-hydrogen) atoms. The standard InChI is InChI=1S/C19H15F6N3O3/c20-18(21,22)14-6-12(7-15(8-14)19(23,24)25)9-31-11-17(13-4-2-1-3-5-13)10-28(27-30)16(29)26-17/h1-8H,9-11H2,(H,26,29)/t17-/m1/s1. The Morgan fingerprint density at radius 3 is 2.06 bits per heavy atom. The van der Waals surface area contributed by atoms with Crippen LogP contribution in [-0.2, 0) is 29.2 Å². The summed E-state index contributed by atoms with van der Waals surface area (Å²) in [6.07, 6.45) is -9.95. The predicted molar refractivity (Wildman–Crippen MR) is 95.3 cm³/mol. The second-order valence-corrected chi connectivity index (χ2v) is 6.92. The van der Waals surface area contributed by atoms with Crippen molar-refractivity contribution in [3.05, 3.63) is 75.7 Å². The summed E-state index contributed by atoms with van der Waals surface area (Å²) in [5.74, 6) is 0. The van der Waals surface area contributed by atoms with Crippen LogP contribution in [0.4, 0.5) is 31.1 Å². The van der Waals surface area contributed by atoms with E-state index in [1.807, 2.05) is 0 Å². The van der Waals surface area contributed by atoms with Crippen molar-refractivity contribution < 1.29 is 35.9 Å². The first-order valence-electron chi connectivity index (χ1n) is 8.79. The van der Waals surface area contributed by atoms with Gasteiger partial charge in [-0.05, 0) is 29.3 Å². The van der Waals surface area contributed by atoms with Gasteiger partial charge in [0.2, 0.25) is 0 Å². The Bertz CT molecular complexity index is 932. The molecule has 0 bridgehead atoms. The monoisotopic (exact) mass is 447 g/mol. The van der Waals surface area contributed by atoms with Crippen molar-refractivity contribution in [2.24, 2.45) is 5.29 Å². The van der Waals surface area contributed by atoms with Gasteiger partial charge in [0.15, 0.2) is 0 Å². The second kappa shape index (κ2) is 8.17. The molecular formula is C19H15F6N3O3. The first-order valence-corrected chi connectivity index (χ1v) is 8.79. The van der Waals surface area contributed by atoms with Gasteiger partial charge in [0.1, 0.15) is 5.54 Å². The summed E-state index contributed by atoms with van der Waals surface area (Å²) < 4.78 is 83.5. The third-order valence-corrected chi connectivity index (χ3v) is 4.69. The lowest BCUT2D eigenvalue weighted by atomic mass is 9.91. The molecule has 166 valence electrons. The summed E-state index contributed by atoms with van der Waals surface area (Å²) in [6.45, 7) is -1.14. The highest BCUT2D eigenvalue weighted by Gasteiger charge is 2.45. The molecule has 1 saturated heterocycles. The second-order valence-electron chi connectivity index (χ2n) is 6.92. The molecule has 0 saturated carbocycles. The van der Waals surface area contributed by atoms with Crippen LogP contribution >= 0.6 is 0 Å². The number of carbonyl (C=O) groups excluding carboxylic acids is 1. The fraction of sp³-hybridized carbons (Fsp3) is 0.316. The Morgan fingerprint density at radius 1 is 1.00 bits per heavy atom. The molecule has 1 atom stereocenters. The molecule has 0 spiro atoms. The third kappa shape index (κ3) is 4.95. The van der Waals surface area contributed by atoms with Crippen LogP contribution in [0.25, 0.3) is 0 Å². The Kier molecular flexibility index (Phi) is 5.94. The van der Waals surface area contributed by atoms with Crippen LogP contribution in [0.1, 0.15) is 22.3 Å². The van der Waals surface area contributed by atoms with Gasteiger partial charge < -0.3 is 10.1 Å². The maximum atomic E-state index is 13.0. The summed E-state index contributed by atoms with van der Waals surface area (Å²) in [5.41, 5.74) is -4.00. The molecule has 0 unspecified atom stereocenters. The fourth-order valence-electron chi connectivity index (χ4n) is 3.23. The normalized spacial score (nSPS) is 19.4. The molecule has 1 fully saturated rings. The van der Waals surface area contributed by atoms with Crippen molar-refractivity contribution in [1.29, 1.82) is 0 Å². The predicted octanol–water partition coefficient (Wildman–Crippen LogP) is 4.84. The van der Waals surface area contributed by atoms with Crippen LogP contribution in [0.5, 0.6) is 0 Å². The van der Waals surface area contributed by atoms with Crippen molar-refractivity contribution in [3.63, 3.8) is 0 Å². The molecule has 1 aliphatic rings. The van der Waals surface area contributed by atoms with Crippen LogP contribution in [0.2, 0.25) is 0 Å². The van der Waals surface area contributed by atoms with E-state index in [2.05, 4.69) is 10.6 Å². The van der Waals surface area contributed by atoms with Gasteiger partial charge in [-0.3, -0.25) is 0 Å². The van der Waals surface area contributed by atoms with E-state index < -0.39 is 41.7 Å². The molecule has 2 amide bonds. The summed E-state index contributed by atoms with van der Waals surface area (Å²) in [6, 6.07) is 8.62. The number of alkyl halides is 6. The number of nitrogens with one attached hydrogen (secondary N) is 1. The van der Waals surface area contributed by atoms with Crippen molar-refractivity contribution in [2.75, 3.05) is 13.2 Å². The minimum absolute atomic E-state index is 0.0276. The maximum absolute atomic E-state index is 13.0. The average molecular weight is 447 g/mol. The van der Waals surface area contributed by atoms with Gasteiger partial charge >= 0.3 is 18.4 Å². The summed E-state index contributed by atoms with van der Waals surface area (Å²) in [5, 5.41) is 5.76. The largest absolute Gasteiger partial charge is 0.416 e. The summed E-state index contributed by atoms with van der Waals surface area (Å²) >= 11 is 0. The van der Waals surface area contributed by atoms with Crippen LogP contribution in [0, 0.1) is 4.91 Å². The van der Waals surface area contributed by atoms with Gasteiger partial charge in [-0.1, -0.05) is 30.3 Å². The minimum Gasteiger partial charge on any atom is -0.374 e. The van der Waals surface area contributed by atoms with E-state index in [1.165, 1.54) is 0 Å². The molecule has 1 aliphatic heterocycles. The average Bonchev–Trinajstić information content (AvgIpc) is 3.04. The Balaban J connectivity index is 1.84. The fourth-order valence-corrected chi connectivity index (χ4v) is 3.23. The van der Waals surface area contributed by atoms with Gasteiger partial charge in [-0.15, -0.1) is 4.91 Å². The molecule has 6 nitrogen and oxygen atoms in total. The maximum Gasteiger partial charge on any atom is 0.416 e. The van der Waals surface area contributed by atoms with E-state index in [4.69, 9.17) is 4.74 Å². The molecule has 0 radical (unpaired) electrons. The van der Waals surface area contributed by atoms with Crippen molar-refractivity contribution >= 4 is 6.03 Å². The Morgan fingerprint density at radius 2 is 1.58 bits per heavy atom. The molecule has 1 heterocycles. The van der Waals surface area contributed by atoms with Gasteiger partial charge in [0, 0.05) is 0 Å². The highest BCUT2D eigenvalue weighted by atomic mass is 19.4. The van der Waals surface area contributed by atoms with Gasteiger partial charge in [-0.25, -0.2) is 4.79 Å². The number of nitroso groups, excluding NO2 is 1. The summed E-state index contributed by atoms with van der Waals surface area (Å²) in [7, 11) is 0. The molecule has 2 aromatic rings. The lowest BCUT2D eigenvalue weighted by Crippen LogP contribution is -2.44. The van der Waals surface area contributed by atoms with E-state index >= 15 is 0 Å². The highest BCUT2D eigenvalue weighted by Crippen LogP contribution is 2.36. The van der Waals surface area contributed by atoms with Gasteiger partial charge in [-0.2, -0.15) is 31.4 Å². The first-order chi connectivity index (χ1) is 14.4. The van der Waals surface area contributed by atoms with Gasteiger partial charge in [0.05, 0.1) is 36.2 Å². The quantitative estimate of drug-likeness (QED) is 0.509. The van der Waals surface area contributed by atoms with Crippen LogP contribution < -0.4 is 5.32 Å². The first kappa shape index (κ1) is 22.5. The molecule has 1 N–H and O–H groups in total. The third-order valence-electron chi connectivity index (χ3n) is 4.69. The number of carbonyl (C=O) groups is 1. The molecular weight excluding hydrogens is 432 g/mol. The highest BCUT2D eigenvalue weighted by molar-refractivity contribution is 5.78. The van der Waals surface area contributed by atoms with Crippen LogP contribution in [0.3, 0.4) is 0 Å². The zero-order chi connectivity index (χ0) is 22.9. The van der Waals surface area contributed by atoms with Crippen molar-refractivity contribution in [2.45, 2.75) is 24.5 Å². The zero-order valence-electron chi connectivity index (χ0n) is 15.6. The number of hydrogen-bond acceptors (Lipinski definition) is 4. The molecule has 12 heteroatoms. The number of urea groups is 1. The Labute approximate surface area is 171 Å². The van der Waals surface area contributed by atoms with Crippen molar-refractivity contribution in [3.8, 4) is 0 Å². The number of halogens is 6. The van der Waals surface area contributed by atoms with E-state index in [0.29, 0.717) is 22.7 Å². The number of hydrogen-bond donors (Lipinski definition) is 1. The van der Waals surface area contributed by atoms with Crippen molar-refractivity contribution in [1.82, 2.24) is 10.3 Å². The van der Waals surface area contributed by atoms with E-state index in [0.717, 1.165) is 0 Å². The number of nitrogens with zero attached hydrogens (tertiary/aromatic N) is 2. The van der Waals surface area contributed by atoms with E-state index in [-0.39, 0.29) is 24.8 Å². The van der Waals surface area contributed by atoms with E-state index in [9.17, 15) is 36.0 Å². The molecule has 3 rings (SSSR count). The smallest absolute Gasteiger partial charge is 0.374 e. The lowest BCUT2D eigenvalue weighted by Gasteiger charge is -2.28. The summed E-state index contributed by atoms with van der Waals surface area (Å²) in [4.78, 5) is 22.8.